The first-order valence-electron chi connectivity index (χ1n) is 6.48. The predicted octanol–water partition coefficient (Wildman–Crippen LogP) is -2.97. The van der Waals surface area contributed by atoms with Crippen LogP contribution in [0.4, 0.5) is 0 Å². The van der Waals surface area contributed by atoms with Gasteiger partial charge in [0.15, 0.2) is 0 Å². The number of nitrogens with zero attached hydrogens (tertiary/aromatic N) is 1. The number of nitrogens with one attached hydrogen (secondary N) is 1. The summed E-state index contributed by atoms with van der Waals surface area (Å²) in [6.45, 7) is 1.72. The average Bonchev–Trinajstić information content (AvgIpc) is 2.40. The van der Waals surface area contributed by atoms with E-state index >= 15 is 0 Å². The van der Waals surface area contributed by atoms with E-state index in [1.165, 1.54) is 6.20 Å². The van der Waals surface area contributed by atoms with Crippen LogP contribution in [-0.4, -0.2) is 32.6 Å². The van der Waals surface area contributed by atoms with Crippen LogP contribution in [0.2, 0.25) is 0 Å². The molecule has 1 rings (SSSR count). The Morgan fingerprint density at radius 3 is 2.74 bits per heavy atom. The van der Waals surface area contributed by atoms with Gasteiger partial charge < -0.3 is 29.8 Å². The van der Waals surface area contributed by atoms with Gasteiger partial charge in [0.2, 0.25) is 0 Å². The Morgan fingerprint density at radius 1 is 1.52 bits per heavy atom. The smallest absolute Gasteiger partial charge is 0.756 e. The zero-order chi connectivity index (χ0) is 16.8. The molecule has 0 aliphatic carbocycles. The van der Waals surface area contributed by atoms with Crippen molar-refractivity contribution in [2.75, 3.05) is 6.54 Å². The van der Waals surface area contributed by atoms with Crippen molar-refractivity contribution in [2.45, 2.75) is 32.9 Å². The van der Waals surface area contributed by atoms with Gasteiger partial charge in [-0.05, 0) is 19.9 Å². The molecule has 0 aliphatic rings. The molecular formula is C12H18KN2O7P. The number of phosphoric acid groups is 1. The molecule has 1 atom stereocenters. The number of aliphatic carboxylic acids is 1. The molecule has 0 aromatic carbocycles. The van der Waals surface area contributed by atoms with Crippen LogP contribution in [0.25, 0.3) is 0 Å². The van der Waals surface area contributed by atoms with Crippen molar-refractivity contribution in [2.24, 2.45) is 0 Å². The molecule has 4 N–H and O–H groups in total. The number of phosphoric ester groups is 1. The van der Waals surface area contributed by atoms with Crippen LogP contribution in [0.5, 0.6) is 5.75 Å². The first kappa shape index (κ1) is 23.1. The van der Waals surface area contributed by atoms with Gasteiger partial charge in [0, 0.05) is 30.3 Å². The van der Waals surface area contributed by atoms with E-state index in [9.17, 15) is 19.4 Å². The molecule has 0 saturated carbocycles. The van der Waals surface area contributed by atoms with E-state index in [0.29, 0.717) is 29.8 Å². The Morgan fingerprint density at radius 2 is 2.17 bits per heavy atom. The van der Waals surface area contributed by atoms with Gasteiger partial charge in [-0.2, -0.15) is 0 Å². The maximum atomic E-state index is 10.6. The molecule has 0 radical (unpaired) electrons. The summed E-state index contributed by atoms with van der Waals surface area (Å²) >= 11 is 0. The largest absolute Gasteiger partial charge is 1.00 e. The first-order chi connectivity index (χ1) is 10.2. The van der Waals surface area contributed by atoms with Crippen molar-refractivity contribution in [3.8, 4) is 5.75 Å². The summed E-state index contributed by atoms with van der Waals surface area (Å²) in [5.41, 5.74) is 1.05. The minimum atomic E-state index is -4.87. The van der Waals surface area contributed by atoms with Crippen LogP contribution in [0, 0.1) is 6.92 Å². The molecule has 23 heavy (non-hydrogen) atoms. The number of aryl methyl sites for hydroxylation is 1. The Labute approximate surface area is 176 Å². The third-order valence-corrected chi connectivity index (χ3v) is 3.31. The number of aromatic hydroxyl groups is 1. The molecule has 1 aromatic heterocycles. The second-order valence-corrected chi connectivity index (χ2v) is 5.81. The predicted molar refractivity (Wildman–Crippen MR) is 73.8 cm³/mol. The van der Waals surface area contributed by atoms with Crippen molar-refractivity contribution in [3.63, 3.8) is 0 Å². The normalized spacial score (nSPS) is 13.2. The molecule has 1 aromatic rings. The van der Waals surface area contributed by atoms with Gasteiger partial charge in [0.1, 0.15) is 5.75 Å². The van der Waals surface area contributed by atoms with E-state index < -0.39 is 20.4 Å². The van der Waals surface area contributed by atoms with E-state index in [2.05, 4.69) is 14.8 Å². The number of pyridine rings is 1. The summed E-state index contributed by atoms with van der Waals surface area (Å²) in [4.78, 5) is 33.5. The Kier molecular flexibility index (Phi) is 10.9. The van der Waals surface area contributed by atoms with Crippen LogP contribution < -0.4 is 61.6 Å². The number of carbonyl (C=O) groups is 1. The summed E-state index contributed by atoms with van der Waals surface area (Å²) < 4.78 is 14.9. The summed E-state index contributed by atoms with van der Waals surface area (Å²) in [7, 11) is -4.87. The monoisotopic (exact) mass is 372 g/mol. The fraction of sp³-hybridized carbons (Fsp3) is 0.500. The average molecular weight is 372 g/mol. The maximum absolute atomic E-state index is 10.6. The van der Waals surface area contributed by atoms with E-state index in [4.69, 9.17) is 10.00 Å². The summed E-state index contributed by atoms with van der Waals surface area (Å²) in [5, 5.41) is 21.5. The third kappa shape index (κ3) is 9.25. The summed E-state index contributed by atoms with van der Waals surface area (Å²) in [6.07, 6.45) is 1.78. The zero-order valence-electron chi connectivity index (χ0n) is 13.0. The second kappa shape index (κ2) is 10.9. The molecule has 124 valence electrons. The van der Waals surface area contributed by atoms with Crippen molar-refractivity contribution in [1.29, 1.82) is 0 Å². The fourth-order valence-electron chi connectivity index (χ4n) is 1.74. The third-order valence-electron chi connectivity index (χ3n) is 2.86. The quantitative estimate of drug-likeness (QED) is 0.202. The molecular weight excluding hydrogens is 354 g/mol. The van der Waals surface area contributed by atoms with Gasteiger partial charge in [-0.3, -0.25) is 14.3 Å². The van der Waals surface area contributed by atoms with Gasteiger partial charge in [0.25, 0.3) is 7.82 Å². The number of carboxylic acids is 1. The van der Waals surface area contributed by atoms with Gasteiger partial charge >= 0.3 is 57.4 Å². The van der Waals surface area contributed by atoms with Crippen molar-refractivity contribution in [1.82, 2.24) is 10.3 Å². The summed E-state index contributed by atoms with van der Waals surface area (Å²) in [5.74, 6) is -1.00. The van der Waals surface area contributed by atoms with Crippen LogP contribution in [-0.2, 0) is 27.0 Å². The van der Waals surface area contributed by atoms with Crippen LogP contribution in [0.1, 0.15) is 29.7 Å². The van der Waals surface area contributed by atoms with Gasteiger partial charge in [-0.15, -0.1) is 0 Å². The second-order valence-electron chi connectivity index (χ2n) is 4.61. The minimum Gasteiger partial charge on any atom is -0.756 e. The Bertz CT molecular complexity index is 579. The number of aromatic nitrogens is 1. The fourth-order valence-corrected chi connectivity index (χ4v) is 2.04. The molecule has 1 heterocycles. The van der Waals surface area contributed by atoms with Crippen LogP contribution in [0.3, 0.4) is 0 Å². The van der Waals surface area contributed by atoms with E-state index in [0.717, 1.165) is 0 Å². The molecule has 0 saturated heterocycles. The number of rotatable bonds is 9. The number of hydrogen-bond acceptors (Lipinski definition) is 7. The molecule has 1 unspecified atom stereocenters. The summed E-state index contributed by atoms with van der Waals surface area (Å²) in [6, 6.07) is 0. The molecule has 0 aliphatic heterocycles. The first-order valence-corrected chi connectivity index (χ1v) is 7.97. The Balaban J connectivity index is 0.00000484. The molecule has 0 bridgehead atoms. The van der Waals surface area contributed by atoms with Crippen molar-refractivity contribution < 1.29 is 85.3 Å². The van der Waals surface area contributed by atoms with Gasteiger partial charge in [0.05, 0.1) is 12.3 Å². The SMILES string of the molecule is Cc1ncc(COP(=O)([O-])O)c(CNCCCC(=O)O)c1O.[K+]. The van der Waals surface area contributed by atoms with Crippen molar-refractivity contribution in [3.05, 3.63) is 23.0 Å². The zero-order valence-corrected chi connectivity index (χ0v) is 17.0. The van der Waals surface area contributed by atoms with Crippen molar-refractivity contribution >= 4 is 13.8 Å². The molecule has 11 heteroatoms. The molecule has 0 fully saturated rings. The van der Waals surface area contributed by atoms with E-state index in [1.54, 1.807) is 6.92 Å². The van der Waals surface area contributed by atoms with Gasteiger partial charge in [-0.25, -0.2) is 0 Å². The van der Waals surface area contributed by atoms with Crippen LogP contribution >= 0.6 is 7.82 Å². The van der Waals surface area contributed by atoms with E-state index in [-0.39, 0.29) is 70.1 Å². The van der Waals surface area contributed by atoms with Crippen LogP contribution in [0.15, 0.2) is 6.20 Å². The Hall–Kier alpha value is 0.126. The topological polar surface area (TPSA) is 152 Å². The number of hydrogen-bond donors (Lipinski definition) is 4. The maximum Gasteiger partial charge on any atom is 1.00 e. The van der Waals surface area contributed by atoms with Gasteiger partial charge in [-0.1, -0.05) is 0 Å². The standard InChI is InChI=1S/C12H19N2O7P.K/c1-8-12(17)10(6-13-4-2-3-11(15)16)9(5-14-8)7-21-22(18,19)20;/h5,13,17H,2-4,6-7H2,1H3,(H,15,16)(H2,18,19,20);/q;+1/p-1. The van der Waals surface area contributed by atoms with E-state index in [1.807, 2.05) is 0 Å². The molecule has 9 nitrogen and oxygen atoms in total. The number of carboxylic acid groups (broad SMARTS) is 1. The molecule has 0 amide bonds. The minimum absolute atomic E-state index is 0. The molecule has 0 spiro atoms.